The Kier molecular flexibility index (Phi) is 4.17. The summed E-state index contributed by atoms with van der Waals surface area (Å²) < 4.78 is 7.58. The number of piperidine rings is 1. The molecule has 7 heteroatoms. The van der Waals surface area contributed by atoms with Crippen LogP contribution in [0.15, 0.2) is 46.9 Å². The zero-order chi connectivity index (χ0) is 16.4. The molecule has 1 aliphatic rings. The van der Waals surface area contributed by atoms with Crippen molar-refractivity contribution in [3.63, 3.8) is 0 Å². The summed E-state index contributed by atoms with van der Waals surface area (Å²) >= 11 is 1.57. The van der Waals surface area contributed by atoms with Gasteiger partial charge in [0.15, 0.2) is 0 Å². The molecule has 0 aromatic carbocycles. The molecular weight excluding hydrogens is 324 g/mol. The molecule has 1 fully saturated rings. The predicted octanol–water partition coefficient (Wildman–Crippen LogP) is 3.01. The fraction of sp³-hybridized carbons (Fsp3) is 0.353. The van der Waals surface area contributed by atoms with E-state index in [1.165, 1.54) is 0 Å². The Balaban J connectivity index is 1.41. The van der Waals surface area contributed by atoms with Crippen LogP contribution in [0.5, 0.6) is 0 Å². The number of carbonyl (C=O) groups excluding carboxylic acids is 1. The third-order valence-corrected chi connectivity index (χ3v) is 5.17. The van der Waals surface area contributed by atoms with E-state index in [0.29, 0.717) is 17.6 Å². The number of hydrogen-bond donors (Lipinski definition) is 0. The number of thiophene rings is 1. The minimum absolute atomic E-state index is 0.103. The summed E-state index contributed by atoms with van der Waals surface area (Å²) in [6.45, 7) is 1.53. The highest BCUT2D eigenvalue weighted by molar-refractivity contribution is 7.13. The van der Waals surface area contributed by atoms with Gasteiger partial charge in [-0.05, 0) is 24.3 Å². The van der Waals surface area contributed by atoms with Gasteiger partial charge in [-0.1, -0.05) is 6.07 Å². The van der Waals surface area contributed by atoms with Crippen LogP contribution in [0.3, 0.4) is 0 Å². The van der Waals surface area contributed by atoms with Gasteiger partial charge in [-0.2, -0.15) is 0 Å². The molecule has 1 amide bonds. The van der Waals surface area contributed by atoms with Crippen LogP contribution in [0, 0.1) is 0 Å². The Hall–Kier alpha value is -2.41. The average molecular weight is 342 g/mol. The molecule has 124 valence electrons. The van der Waals surface area contributed by atoms with Gasteiger partial charge >= 0.3 is 0 Å². The first-order chi connectivity index (χ1) is 11.8. The topological polar surface area (TPSA) is 64.2 Å². The van der Waals surface area contributed by atoms with Crippen LogP contribution in [-0.4, -0.2) is 38.4 Å². The number of carbonyl (C=O) groups is 1. The smallest absolute Gasteiger partial charge is 0.236 e. The maximum atomic E-state index is 12.6. The van der Waals surface area contributed by atoms with Crippen molar-refractivity contribution in [3.05, 3.63) is 48.2 Å². The first-order valence-corrected chi connectivity index (χ1v) is 8.91. The van der Waals surface area contributed by atoms with Gasteiger partial charge in [0.1, 0.15) is 6.26 Å². The Morgan fingerprint density at radius 3 is 3.21 bits per heavy atom. The molecule has 0 spiro atoms. The van der Waals surface area contributed by atoms with Gasteiger partial charge in [-0.3, -0.25) is 4.79 Å². The van der Waals surface area contributed by atoms with Gasteiger partial charge in [0, 0.05) is 25.5 Å². The molecule has 1 aliphatic heterocycles. The van der Waals surface area contributed by atoms with E-state index in [9.17, 15) is 4.79 Å². The fourth-order valence-electron chi connectivity index (χ4n) is 3.08. The van der Waals surface area contributed by atoms with Gasteiger partial charge in [-0.15, -0.1) is 11.3 Å². The van der Waals surface area contributed by atoms with Crippen LogP contribution < -0.4 is 0 Å². The van der Waals surface area contributed by atoms with Crippen LogP contribution in [0.1, 0.15) is 24.6 Å². The number of amides is 1. The second-order valence-electron chi connectivity index (χ2n) is 5.94. The molecule has 4 rings (SSSR count). The van der Waals surface area contributed by atoms with Gasteiger partial charge < -0.3 is 13.9 Å². The fourth-order valence-corrected chi connectivity index (χ4v) is 3.73. The van der Waals surface area contributed by atoms with E-state index in [1.807, 2.05) is 34.9 Å². The second kappa shape index (κ2) is 6.60. The Bertz CT molecular complexity index is 795. The van der Waals surface area contributed by atoms with Crippen molar-refractivity contribution >= 4 is 17.2 Å². The zero-order valence-electron chi connectivity index (χ0n) is 13.2. The summed E-state index contributed by atoms with van der Waals surface area (Å²) in [4.78, 5) is 24.0. The van der Waals surface area contributed by atoms with Crippen molar-refractivity contribution in [3.8, 4) is 10.8 Å². The lowest BCUT2D eigenvalue weighted by Crippen LogP contribution is -2.41. The maximum Gasteiger partial charge on any atom is 0.236 e. The molecule has 6 nitrogen and oxygen atoms in total. The van der Waals surface area contributed by atoms with E-state index in [4.69, 9.17) is 4.42 Å². The summed E-state index contributed by atoms with van der Waals surface area (Å²) in [5.41, 5.74) is 0.688. The standard InChI is InChI=1S/C17H18N4O2S/c22-16(9-13-11-23-17(19-13)15-4-2-8-24-15)20-6-1-3-14(10-20)21-7-5-18-12-21/h2,4-5,7-8,11-12,14H,1,3,6,9-10H2/t14-/m1/s1. The Labute approximate surface area is 143 Å². The molecule has 1 atom stereocenters. The number of likely N-dealkylation sites (tertiary alicyclic amines) is 1. The van der Waals surface area contributed by atoms with Crippen LogP contribution in [0.4, 0.5) is 0 Å². The monoisotopic (exact) mass is 342 g/mol. The highest BCUT2D eigenvalue weighted by Crippen LogP contribution is 2.25. The molecule has 0 saturated carbocycles. The lowest BCUT2D eigenvalue weighted by molar-refractivity contribution is -0.132. The van der Waals surface area contributed by atoms with E-state index in [0.717, 1.165) is 30.8 Å². The van der Waals surface area contributed by atoms with Crippen LogP contribution in [0.2, 0.25) is 0 Å². The number of aromatic nitrogens is 3. The summed E-state index contributed by atoms with van der Waals surface area (Å²) in [6.07, 6.45) is 9.52. The highest BCUT2D eigenvalue weighted by Gasteiger charge is 2.25. The van der Waals surface area contributed by atoms with E-state index < -0.39 is 0 Å². The van der Waals surface area contributed by atoms with Gasteiger partial charge in [0.2, 0.25) is 11.8 Å². The molecule has 0 unspecified atom stereocenters. The number of hydrogen-bond acceptors (Lipinski definition) is 5. The average Bonchev–Trinajstić information content (AvgIpc) is 3.36. The first-order valence-electron chi connectivity index (χ1n) is 8.03. The lowest BCUT2D eigenvalue weighted by atomic mass is 10.1. The summed E-state index contributed by atoms with van der Waals surface area (Å²) in [5, 5.41) is 1.98. The van der Waals surface area contributed by atoms with Gasteiger partial charge in [0.25, 0.3) is 0 Å². The predicted molar refractivity (Wildman–Crippen MR) is 90.6 cm³/mol. The minimum atomic E-state index is 0.103. The van der Waals surface area contributed by atoms with E-state index in [1.54, 1.807) is 23.8 Å². The number of nitrogens with zero attached hydrogens (tertiary/aromatic N) is 4. The van der Waals surface area contributed by atoms with E-state index >= 15 is 0 Å². The quantitative estimate of drug-likeness (QED) is 0.731. The molecule has 3 aromatic rings. The number of imidazole rings is 1. The van der Waals surface area contributed by atoms with Crippen molar-refractivity contribution in [1.82, 2.24) is 19.4 Å². The van der Waals surface area contributed by atoms with Crippen molar-refractivity contribution in [2.24, 2.45) is 0 Å². The van der Waals surface area contributed by atoms with E-state index in [2.05, 4.69) is 14.5 Å². The van der Waals surface area contributed by atoms with E-state index in [-0.39, 0.29) is 12.3 Å². The van der Waals surface area contributed by atoms with Gasteiger partial charge in [-0.25, -0.2) is 9.97 Å². The normalized spacial score (nSPS) is 18.0. The number of oxazole rings is 1. The van der Waals surface area contributed by atoms with Crippen LogP contribution in [-0.2, 0) is 11.2 Å². The van der Waals surface area contributed by atoms with Crippen molar-refractivity contribution in [1.29, 1.82) is 0 Å². The third kappa shape index (κ3) is 3.12. The molecule has 0 aliphatic carbocycles. The molecular formula is C17H18N4O2S. The SMILES string of the molecule is O=C(Cc1coc(-c2cccs2)n1)N1CCC[C@@H](n2ccnc2)C1. The summed E-state index contributed by atoms with van der Waals surface area (Å²) in [7, 11) is 0. The first kappa shape index (κ1) is 15.1. The molecule has 4 heterocycles. The van der Waals surface area contributed by atoms with Crippen molar-refractivity contribution in [2.75, 3.05) is 13.1 Å². The molecule has 0 radical (unpaired) electrons. The number of rotatable bonds is 4. The lowest BCUT2D eigenvalue weighted by Gasteiger charge is -2.33. The second-order valence-corrected chi connectivity index (χ2v) is 6.89. The van der Waals surface area contributed by atoms with Gasteiger partial charge in [0.05, 0.1) is 29.4 Å². The maximum absolute atomic E-state index is 12.6. The van der Waals surface area contributed by atoms with Crippen molar-refractivity contribution < 1.29 is 9.21 Å². The molecule has 1 saturated heterocycles. The minimum Gasteiger partial charge on any atom is -0.444 e. The largest absolute Gasteiger partial charge is 0.444 e. The Morgan fingerprint density at radius 1 is 1.46 bits per heavy atom. The third-order valence-electron chi connectivity index (χ3n) is 4.31. The molecule has 24 heavy (non-hydrogen) atoms. The molecule has 0 bridgehead atoms. The van der Waals surface area contributed by atoms with Crippen LogP contribution >= 0.6 is 11.3 Å². The van der Waals surface area contributed by atoms with Crippen LogP contribution in [0.25, 0.3) is 10.8 Å². The van der Waals surface area contributed by atoms with Crippen molar-refractivity contribution in [2.45, 2.75) is 25.3 Å². The Morgan fingerprint density at radius 2 is 2.42 bits per heavy atom. The summed E-state index contributed by atoms with van der Waals surface area (Å²) in [6, 6.07) is 4.23. The zero-order valence-corrected chi connectivity index (χ0v) is 14.0. The molecule has 3 aromatic heterocycles. The summed E-state index contributed by atoms with van der Waals surface area (Å²) in [5.74, 6) is 0.689. The highest BCUT2D eigenvalue weighted by atomic mass is 32.1. The molecule has 0 N–H and O–H groups in total.